The molecular formula is C18H13FN4O3. The monoisotopic (exact) mass is 352 g/mol. The largest absolute Gasteiger partial charge is 0.482 e. The Kier molecular flexibility index (Phi) is 3.65. The molecule has 4 rings (SSSR count). The van der Waals surface area contributed by atoms with Gasteiger partial charge < -0.3 is 15.8 Å². The van der Waals surface area contributed by atoms with Crippen LogP contribution < -0.4 is 15.8 Å². The van der Waals surface area contributed by atoms with Gasteiger partial charge in [0.15, 0.2) is 12.3 Å². The zero-order valence-corrected chi connectivity index (χ0v) is 13.4. The molecule has 0 unspecified atom stereocenters. The summed E-state index contributed by atoms with van der Waals surface area (Å²) in [7, 11) is 0. The number of aromatic nitrogens is 2. The van der Waals surface area contributed by atoms with Crippen molar-refractivity contribution in [3.63, 3.8) is 0 Å². The lowest BCUT2D eigenvalue weighted by molar-refractivity contribution is -0.118. The van der Waals surface area contributed by atoms with Crippen molar-refractivity contribution < 1.29 is 18.7 Å². The summed E-state index contributed by atoms with van der Waals surface area (Å²) < 4.78 is 20.1. The summed E-state index contributed by atoms with van der Waals surface area (Å²) in [5.41, 5.74) is 7.75. The normalized spacial score (nSPS) is 12.9. The van der Waals surface area contributed by atoms with Crippen LogP contribution in [0.25, 0.3) is 16.9 Å². The number of fused-ring (bicyclic) bond motifs is 1. The first-order valence-corrected chi connectivity index (χ1v) is 7.74. The third-order valence-corrected chi connectivity index (χ3v) is 3.94. The van der Waals surface area contributed by atoms with Crippen molar-refractivity contribution in [2.24, 2.45) is 5.73 Å². The maximum Gasteiger partial charge on any atom is 0.269 e. The third kappa shape index (κ3) is 2.77. The van der Waals surface area contributed by atoms with E-state index in [1.807, 2.05) is 0 Å². The molecule has 8 heteroatoms. The summed E-state index contributed by atoms with van der Waals surface area (Å²) in [6.45, 7) is -0.0360. The molecule has 0 saturated carbocycles. The van der Waals surface area contributed by atoms with E-state index < -0.39 is 5.91 Å². The van der Waals surface area contributed by atoms with Gasteiger partial charge in [0.05, 0.1) is 17.1 Å². The van der Waals surface area contributed by atoms with E-state index in [0.717, 1.165) is 0 Å². The highest BCUT2D eigenvalue weighted by Crippen LogP contribution is 2.33. The number of hydrogen-bond acceptors (Lipinski definition) is 4. The molecule has 0 aliphatic carbocycles. The van der Waals surface area contributed by atoms with E-state index in [2.05, 4.69) is 10.4 Å². The fourth-order valence-corrected chi connectivity index (χ4v) is 2.73. The number of nitrogens with two attached hydrogens (primary N) is 1. The first-order valence-electron chi connectivity index (χ1n) is 7.74. The van der Waals surface area contributed by atoms with Crippen LogP contribution in [0.15, 0.2) is 48.5 Å². The fraction of sp³-hybridized carbons (Fsp3) is 0.0556. The average Bonchev–Trinajstić information content (AvgIpc) is 3.07. The summed E-state index contributed by atoms with van der Waals surface area (Å²) in [6, 6.07) is 12.4. The highest BCUT2D eigenvalue weighted by molar-refractivity contribution is 5.96. The molecule has 0 saturated heterocycles. The number of halogens is 1. The number of anilines is 1. The summed E-state index contributed by atoms with van der Waals surface area (Å²) in [4.78, 5) is 23.1. The van der Waals surface area contributed by atoms with Crippen molar-refractivity contribution in [1.29, 1.82) is 0 Å². The molecule has 2 heterocycles. The molecule has 0 radical (unpaired) electrons. The molecule has 1 aromatic heterocycles. The maximum absolute atomic E-state index is 13.2. The van der Waals surface area contributed by atoms with Crippen LogP contribution in [-0.2, 0) is 4.79 Å². The minimum atomic E-state index is -0.679. The zero-order valence-electron chi connectivity index (χ0n) is 13.4. The van der Waals surface area contributed by atoms with Gasteiger partial charge in [-0.2, -0.15) is 5.10 Å². The number of ether oxygens (including phenoxy) is 1. The molecule has 130 valence electrons. The van der Waals surface area contributed by atoms with Gasteiger partial charge in [-0.3, -0.25) is 9.59 Å². The minimum Gasteiger partial charge on any atom is -0.482 e. The first kappa shape index (κ1) is 15.8. The number of rotatable bonds is 3. The van der Waals surface area contributed by atoms with Crippen LogP contribution >= 0.6 is 0 Å². The molecule has 7 nitrogen and oxygen atoms in total. The van der Waals surface area contributed by atoms with Gasteiger partial charge in [0, 0.05) is 5.56 Å². The average molecular weight is 352 g/mol. The predicted molar refractivity (Wildman–Crippen MR) is 91.6 cm³/mol. The molecule has 0 bridgehead atoms. The summed E-state index contributed by atoms with van der Waals surface area (Å²) >= 11 is 0. The summed E-state index contributed by atoms with van der Waals surface area (Å²) in [5.74, 6) is -0.760. The quantitative estimate of drug-likeness (QED) is 0.754. The van der Waals surface area contributed by atoms with E-state index in [4.69, 9.17) is 10.5 Å². The number of amides is 2. The molecule has 0 fully saturated rings. The van der Waals surface area contributed by atoms with Crippen LogP contribution in [0.3, 0.4) is 0 Å². The van der Waals surface area contributed by atoms with Gasteiger partial charge in [-0.25, -0.2) is 9.07 Å². The number of carbonyl (C=O) groups is 2. The van der Waals surface area contributed by atoms with Crippen LogP contribution in [0.4, 0.5) is 10.1 Å². The molecule has 0 atom stereocenters. The predicted octanol–water partition coefficient (Wildman–Crippen LogP) is 2.11. The van der Waals surface area contributed by atoms with E-state index in [1.165, 1.54) is 16.8 Å². The maximum atomic E-state index is 13.2. The second kappa shape index (κ2) is 5.99. The molecule has 0 spiro atoms. The van der Waals surface area contributed by atoms with E-state index in [0.29, 0.717) is 28.4 Å². The number of nitrogens with one attached hydrogen (secondary N) is 1. The Labute approximate surface area is 147 Å². The van der Waals surface area contributed by atoms with Crippen LogP contribution in [0, 0.1) is 5.82 Å². The van der Waals surface area contributed by atoms with Gasteiger partial charge in [-0.15, -0.1) is 0 Å². The Hall–Kier alpha value is -3.68. The van der Waals surface area contributed by atoms with Crippen LogP contribution in [0.2, 0.25) is 0 Å². The summed E-state index contributed by atoms with van der Waals surface area (Å²) in [6.07, 6.45) is 0. The highest BCUT2D eigenvalue weighted by atomic mass is 19.1. The fourth-order valence-electron chi connectivity index (χ4n) is 2.73. The molecule has 1 aliphatic rings. The number of nitrogens with zero attached hydrogens (tertiary/aromatic N) is 2. The lowest BCUT2D eigenvalue weighted by Gasteiger charge is -2.18. The Morgan fingerprint density at radius 1 is 1.19 bits per heavy atom. The highest BCUT2D eigenvalue weighted by Gasteiger charge is 2.19. The van der Waals surface area contributed by atoms with Crippen LogP contribution in [0.5, 0.6) is 5.75 Å². The van der Waals surface area contributed by atoms with Crippen molar-refractivity contribution in [3.8, 4) is 22.7 Å². The lowest BCUT2D eigenvalue weighted by Crippen LogP contribution is -2.25. The number of carbonyl (C=O) groups excluding carboxylic acids is 2. The van der Waals surface area contributed by atoms with Gasteiger partial charge in [-0.1, -0.05) is 0 Å². The molecule has 3 N–H and O–H groups in total. The topological polar surface area (TPSA) is 99.2 Å². The first-order chi connectivity index (χ1) is 12.5. The Bertz CT molecular complexity index is 1030. The van der Waals surface area contributed by atoms with Crippen molar-refractivity contribution in [1.82, 2.24) is 9.78 Å². The molecule has 3 aromatic rings. The van der Waals surface area contributed by atoms with Gasteiger partial charge in [-0.05, 0) is 48.5 Å². The molecular weight excluding hydrogens is 339 g/mol. The van der Waals surface area contributed by atoms with E-state index in [-0.39, 0.29) is 24.0 Å². The Balaban J connectivity index is 1.85. The van der Waals surface area contributed by atoms with Crippen LogP contribution in [-0.4, -0.2) is 28.2 Å². The Morgan fingerprint density at radius 3 is 2.69 bits per heavy atom. The van der Waals surface area contributed by atoms with Crippen molar-refractivity contribution in [3.05, 3.63) is 60.0 Å². The van der Waals surface area contributed by atoms with Crippen LogP contribution in [0.1, 0.15) is 10.5 Å². The second-order valence-electron chi connectivity index (χ2n) is 5.72. The van der Waals surface area contributed by atoms with Crippen molar-refractivity contribution in [2.45, 2.75) is 0 Å². The number of primary amides is 1. The van der Waals surface area contributed by atoms with E-state index >= 15 is 0 Å². The molecule has 2 aromatic carbocycles. The van der Waals surface area contributed by atoms with Crippen molar-refractivity contribution >= 4 is 17.5 Å². The molecule has 26 heavy (non-hydrogen) atoms. The molecule has 1 aliphatic heterocycles. The molecule has 2 amide bonds. The number of hydrogen-bond donors (Lipinski definition) is 2. The Morgan fingerprint density at radius 2 is 1.96 bits per heavy atom. The minimum absolute atomic E-state index is 0.0360. The van der Waals surface area contributed by atoms with Gasteiger partial charge in [0.1, 0.15) is 11.6 Å². The van der Waals surface area contributed by atoms with Gasteiger partial charge in [0.2, 0.25) is 0 Å². The SMILES string of the molecule is NC(=O)c1cc(-c2ccc3c(c2)NC(=O)CO3)n(-c2ccc(F)cc2)n1. The standard InChI is InChI=1S/C18H13FN4O3/c19-11-2-4-12(5-3-11)23-15(8-14(22-23)18(20)25)10-1-6-16-13(7-10)21-17(24)9-26-16/h1-8H,9H2,(H2,20,25)(H,21,24). The smallest absolute Gasteiger partial charge is 0.269 e. The summed E-state index contributed by atoms with van der Waals surface area (Å²) in [5, 5.41) is 6.95. The van der Waals surface area contributed by atoms with Gasteiger partial charge >= 0.3 is 0 Å². The number of benzene rings is 2. The third-order valence-electron chi connectivity index (χ3n) is 3.94. The van der Waals surface area contributed by atoms with Crippen molar-refractivity contribution in [2.75, 3.05) is 11.9 Å². The van der Waals surface area contributed by atoms with Gasteiger partial charge in [0.25, 0.3) is 11.8 Å². The zero-order chi connectivity index (χ0) is 18.3. The van der Waals surface area contributed by atoms with E-state index in [9.17, 15) is 14.0 Å². The lowest BCUT2D eigenvalue weighted by atomic mass is 10.1. The second-order valence-corrected chi connectivity index (χ2v) is 5.72. The van der Waals surface area contributed by atoms with E-state index in [1.54, 1.807) is 36.4 Å².